The first-order valence-electron chi connectivity index (χ1n) is 6.96. The topological polar surface area (TPSA) is 72.3 Å². The van der Waals surface area contributed by atoms with Gasteiger partial charge in [-0.1, -0.05) is 12.1 Å². The van der Waals surface area contributed by atoms with Crippen molar-refractivity contribution in [2.45, 2.75) is 26.8 Å². The first kappa shape index (κ1) is 14.2. The lowest BCUT2D eigenvalue weighted by atomic mass is 10.1. The molecule has 0 radical (unpaired) electrons. The van der Waals surface area contributed by atoms with Gasteiger partial charge in [-0.05, 0) is 39.0 Å². The molecule has 0 spiro atoms. The highest BCUT2D eigenvalue weighted by Crippen LogP contribution is 2.25. The van der Waals surface area contributed by atoms with Gasteiger partial charge in [-0.2, -0.15) is 5.10 Å². The molecule has 1 aliphatic rings. The third-order valence-electron chi connectivity index (χ3n) is 3.79. The van der Waals surface area contributed by atoms with Gasteiger partial charge in [0.2, 0.25) is 0 Å². The number of hydrogen-bond acceptors (Lipinski definition) is 4. The lowest BCUT2D eigenvalue weighted by molar-refractivity contribution is 0.0522. The maximum absolute atomic E-state index is 12.6. The summed E-state index contributed by atoms with van der Waals surface area (Å²) in [6.45, 7) is 5.08. The van der Waals surface area contributed by atoms with Crippen molar-refractivity contribution in [2.75, 3.05) is 0 Å². The van der Waals surface area contributed by atoms with Gasteiger partial charge in [-0.15, -0.1) is 0 Å². The Hall–Kier alpha value is -2.76. The van der Waals surface area contributed by atoms with Crippen LogP contribution in [0.2, 0.25) is 0 Å². The van der Waals surface area contributed by atoms with E-state index in [1.54, 1.807) is 51.1 Å². The van der Waals surface area contributed by atoms with Gasteiger partial charge in [-0.3, -0.25) is 19.3 Å². The van der Waals surface area contributed by atoms with E-state index >= 15 is 0 Å². The number of fused-ring (bicyclic) bond motifs is 1. The van der Waals surface area contributed by atoms with Crippen molar-refractivity contribution in [2.24, 2.45) is 0 Å². The van der Waals surface area contributed by atoms with Crippen molar-refractivity contribution in [1.82, 2.24) is 14.7 Å². The summed E-state index contributed by atoms with van der Waals surface area (Å²) in [7, 11) is 0. The summed E-state index contributed by atoms with van der Waals surface area (Å²) in [5, 5.41) is 4.12. The van der Waals surface area contributed by atoms with Crippen LogP contribution in [0.5, 0.6) is 0 Å². The molecule has 2 heterocycles. The molecule has 2 aromatic rings. The summed E-state index contributed by atoms with van der Waals surface area (Å²) in [4.78, 5) is 38.4. The number of rotatable bonds is 2. The maximum Gasteiger partial charge on any atom is 0.270 e. The Kier molecular flexibility index (Phi) is 3.16. The normalized spacial score (nSPS) is 15.1. The summed E-state index contributed by atoms with van der Waals surface area (Å²) in [6.07, 6.45) is 0. The van der Waals surface area contributed by atoms with Crippen molar-refractivity contribution >= 4 is 17.7 Å². The molecule has 0 saturated carbocycles. The zero-order chi connectivity index (χ0) is 16.0. The minimum absolute atomic E-state index is 0.334. The number of aromatic nitrogens is 2. The van der Waals surface area contributed by atoms with Gasteiger partial charge in [-0.25, -0.2) is 4.68 Å². The van der Waals surface area contributed by atoms with Crippen molar-refractivity contribution in [3.05, 3.63) is 52.8 Å². The Morgan fingerprint density at radius 2 is 1.64 bits per heavy atom. The molecule has 1 atom stereocenters. The highest BCUT2D eigenvalue weighted by Gasteiger charge is 2.41. The van der Waals surface area contributed by atoms with Crippen molar-refractivity contribution in [3.63, 3.8) is 0 Å². The molecule has 1 aliphatic heterocycles. The maximum atomic E-state index is 12.6. The van der Waals surface area contributed by atoms with Crippen LogP contribution in [-0.2, 0) is 0 Å². The van der Waals surface area contributed by atoms with Gasteiger partial charge in [0.1, 0.15) is 6.04 Å². The second kappa shape index (κ2) is 4.91. The van der Waals surface area contributed by atoms with E-state index in [1.807, 2.05) is 0 Å². The molecule has 112 valence electrons. The van der Waals surface area contributed by atoms with E-state index in [-0.39, 0.29) is 0 Å². The predicted molar refractivity (Wildman–Crippen MR) is 78.7 cm³/mol. The summed E-state index contributed by atoms with van der Waals surface area (Å²) >= 11 is 0. The van der Waals surface area contributed by atoms with E-state index in [1.165, 1.54) is 4.68 Å². The second-order valence-electron chi connectivity index (χ2n) is 5.38. The molecule has 3 rings (SSSR count). The van der Waals surface area contributed by atoms with E-state index < -0.39 is 23.8 Å². The lowest BCUT2D eigenvalue weighted by Crippen LogP contribution is -2.45. The fourth-order valence-electron chi connectivity index (χ4n) is 2.70. The SMILES string of the molecule is Cc1cc(C)n(C(=O)[C@H](C)N2C(=O)c3ccccc3C2=O)n1. The average molecular weight is 297 g/mol. The highest BCUT2D eigenvalue weighted by atomic mass is 16.2. The van der Waals surface area contributed by atoms with Crippen LogP contribution >= 0.6 is 0 Å². The number of carbonyl (C=O) groups excluding carboxylic acids is 3. The average Bonchev–Trinajstić information content (AvgIpc) is 2.96. The summed E-state index contributed by atoms with van der Waals surface area (Å²) in [5.41, 5.74) is 2.05. The largest absolute Gasteiger partial charge is 0.270 e. The van der Waals surface area contributed by atoms with Gasteiger partial charge < -0.3 is 0 Å². The predicted octanol–water partition coefficient (Wildman–Crippen LogP) is 1.82. The van der Waals surface area contributed by atoms with Crippen molar-refractivity contribution in [3.8, 4) is 0 Å². The second-order valence-corrected chi connectivity index (χ2v) is 5.38. The molecule has 0 bridgehead atoms. The van der Waals surface area contributed by atoms with Gasteiger partial charge in [0.05, 0.1) is 16.8 Å². The fourth-order valence-corrected chi connectivity index (χ4v) is 2.70. The van der Waals surface area contributed by atoms with E-state index in [9.17, 15) is 14.4 Å². The summed E-state index contributed by atoms with van der Waals surface area (Å²) in [6, 6.07) is 7.44. The van der Waals surface area contributed by atoms with E-state index in [0.717, 1.165) is 4.90 Å². The summed E-state index contributed by atoms with van der Waals surface area (Å²) < 4.78 is 1.24. The molecule has 0 fully saturated rings. The number of nitrogens with zero attached hydrogens (tertiary/aromatic N) is 3. The number of carbonyl (C=O) groups is 3. The van der Waals surface area contributed by atoms with E-state index in [0.29, 0.717) is 22.5 Å². The molecule has 0 unspecified atom stereocenters. The van der Waals surface area contributed by atoms with Crippen LogP contribution in [0.3, 0.4) is 0 Å². The van der Waals surface area contributed by atoms with Gasteiger partial charge >= 0.3 is 0 Å². The standard InChI is InChI=1S/C16H15N3O3/c1-9-8-10(2)19(17-9)14(20)11(3)18-15(21)12-6-4-5-7-13(12)16(18)22/h4-8,11H,1-3H3/t11-/m0/s1. The number of imide groups is 1. The molecule has 1 aromatic carbocycles. The fraction of sp³-hybridized carbons (Fsp3) is 0.250. The van der Waals surface area contributed by atoms with Crippen molar-refractivity contribution in [1.29, 1.82) is 0 Å². The number of aryl methyl sites for hydroxylation is 2. The molecule has 1 aromatic heterocycles. The van der Waals surface area contributed by atoms with Crippen LogP contribution < -0.4 is 0 Å². The molecule has 6 heteroatoms. The highest BCUT2D eigenvalue weighted by molar-refractivity contribution is 6.22. The Morgan fingerprint density at radius 3 is 2.09 bits per heavy atom. The monoisotopic (exact) mass is 297 g/mol. The number of benzene rings is 1. The van der Waals surface area contributed by atoms with Crippen molar-refractivity contribution < 1.29 is 14.4 Å². The molecule has 2 amide bonds. The smallest absolute Gasteiger partial charge is 0.270 e. The van der Waals surface area contributed by atoms with Crippen LogP contribution in [0.4, 0.5) is 0 Å². The van der Waals surface area contributed by atoms with Crippen LogP contribution in [-0.4, -0.2) is 38.4 Å². The molecule has 0 aliphatic carbocycles. The molecule has 22 heavy (non-hydrogen) atoms. The molecular formula is C16H15N3O3. The minimum Gasteiger partial charge on any atom is -0.270 e. The molecule has 0 N–H and O–H groups in total. The Labute approximate surface area is 127 Å². The van der Waals surface area contributed by atoms with Gasteiger partial charge in [0, 0.05) is 5.69 Å². The third-order valence-corrected chi connectivity index (χ3v) is 3.79. The van der Waals surface area contributed by atoms with E-state index in [2.05, 4.69) is 5.10 Å². The Balaban J connectivity index is 1.95. The van der Waals surface area contributed by atoms with Gasteiger partial charge in [0.15, 0.2) is 0 Å². The van der Waals surface area contributed by atoms with Crippen LogP contribution in [0.25, 0.3) is 0 Å². The third kappa shape index (κ3) is 1.95. The lowest BCUT2D eigenvalue weighted by Gasteiger charge is -2.21. The molecular weight excluding hydrogens is 282 g/mol. The van der Waals surface area contributed by atoms with Crippen LogP contribution in [0, 0.1) is 13.8 Å². The van der Waals surface area contributed by atoms with Gasteiger partial charge in [0.25, 0.3) is 17.7 Å². The molecule has 6 nitrogen and oxygen atoms in total. The van der Waals surface area contributed by atoms with Crippen LogP contribution in [0.1, 0.15) is 43.8 Å². The minimum atomic E-state index is -0.912. The Morgan fingerprint density at radius 1 is 1.09 bits per heavy atom. The first-order valence-corrected chi connectivity index (χ1v) is 6.96. The number of amides is 2. The zero-order valence-corrected chi connectivity index (χ0v) is 12.5. The summed E-state index contributed by atoms with van der Waals surface area (Å²) in [5.74, 6) is -1.29. The first-order chi connectivity index (χ1) is 10.4. The number of hydrogen-bond donors (Lipinski definition) is 0. The Bertz CT molecular complexity index is 772. The molecule has 0 saturated heterocycles. The van der Waals surface area contributed by atoms with Crippen LogP contribution in [0.15, 0.2) is 30.3 Å². The quantitative estimate of drug-likeness (QED) is 0.793. The zero-order valence-electron chi connectivity index (χ0n) is 12.5. The van der Waals surface area contributed by atoms with E-state index in [4.69, 9.17) is 0 Å².